The molecule has 2 rings (SSSR count). The van der Waals surface area contributed by atoms with Crippen LogP contribution in [0.1, 0.15) is 39.6 Å². The molecule has 0 radical (unpaired) electrons. The summed E-state index contributed by atoms with van der Waals surface area (Å²) in [5, 5.41) is 13.4. The van der Waals surface area contributed by atoms with Crippen LogP contribution in [-0.4, -0.2) is 35.8 Å². The predicted octanol–water partition coefficient (Wildman–Crippen LogP) is 1.49. The van der Waals surface area contributed by atoms with E-state index in [1.54, 1.807) is 7.11 Å². The van der Waals surface area contributed by atoms with Gasteiger partial charge in [0.25, 0.3) is 5.91 Å². The standard InChI is InChI=1S/C13H20N2O3S/c1-8-12(19-11(15-8)7-18-2)13(17)14-6-9-4-3-5-10(9)16/h9-10,16H,3-7H2,1-2H3,(H,14,17). The van der Waals surface area contributed by atoms with Gasteiger partial charge in [0.15, 0.2) is 0 Å². The number of methoxy groups -OCH3 is 1. The largest absolute Gasteiger partial charge is 0.393 e. The molecule has 1 aromatic rings. The lowest BCUT2D eigenvalue weighted by molar-refractivity contribution is 0.0920. The Hall–Kier alpha value is -0.980. The molecule has 6 heteroatoms. The van der Waals surface area contributed by atoms with E-state index in [2.05, 4.69) is 10.3 Å². The van der Waals surface area contributed by atoms with Crippen molar-refractivity contribution in [3.05, 3.63) is 15.6 Å². The molecule has 0 saturated heterocycles. The van der Waals surface area contributed by atoms with Crippen LogP contribution in [0.15, 0.2) is 0 Å². The number of aromatic nitrogens is 1. The molecule has 0 aromatic carbocycles. The number of carbonyl (C=O) groups excluding carboxylic acids is 1. The Morgan fingerprint density at radius 3 is 3.00 bits per heavy atom. The fraction of sp³-hybridized carbons (Fsp3) is 0.692. The number of aliphatic hydroxyl groups is 1. The van der Waals surface area contributed by atoms with E-state index >= 15 is 0 Å². The number of thiazole rings is 1. The molecular formula is C13H20N2O3S. The number of amides is 1. The zero-order valence-corrected chi connectivity index (χ0v) is 12.1. The summed E-state index contributed by atoms with van der Waals surface area (Å²) >= 11 is 1.36. The van der Waals surface area contributed by atoms with Gasteiger partial charge in [-0.05, 0) is 19.8 Å². The molecule has 2 N–H and O–H groups in total. The van der Waals surface area contributed by atoms with Gasteiger partial charge in [-0.15, -0.1) is 11.3 Å². The summed E-state index contributed by atoms with van der Waals surface area (Å²) in [7, 11) is 1.61. The molecule has 19 heavy (non-hydrogen) atoms. The first-order valence-corrected chi connectivity index (χ1v) is 7.35. The maximum Gasteiger partial charge on any atom is 0.263 e. The van der Waals surface area contributed by atoms with Crippen LogP contribution in [0.2, 0.25) is 0 Å². The Morgan fingerprint density at radius 2 is 2.37 bits per heavy atom. The summed E-state index contributed by atoms with van der Waals surface area (Å²) in [4.78, 5) is 17.0. The minimum absolute atomic E-state index is 0.101. The molecule has 1 heterocycles. The van der Waals surface area contributed by atoms with Gasteiger partial charge in [-0.25, -0.2) is 4.98 Å². The topological polar surface area (TPSA) is 71.5 Å². The van der Waals surface area contributed by atoms with Gasteiger partial charge >= 0.3 is 0 Å². The van der Waals surface area contributed by atoms with E-state index in [9.17, 15) is 9.90 Å². The van der Waals surface area contributed by atoms with Crippen LogP contribution in [0.5, 0.6) is 0 Å². The number of nitrogens with one attached hydrogen (secondary N) is 1. The van der Waals surface area contributed by atoms with E-state index in [0.29, 0.717) is 18.0 Å². The summed E-state index contributed by atoms with van der Waals surface area (Å²) in [6.45, 7) is 2.80. The Balaban J connectivity index is 1.92. The molecule has 1 aliphatic carbocycles. The number of carbonyl (C=O) groups is 1. The molecule has 5 nitrogen and oxygen atoms in total. The zero-order chi connectivity index (χ0) is 13.8. The number of nitrogens with zero attached hydrogens (tertiary/aromatic N) is 1. The second-order valence-corrected chi connectivity index (χ2v) is 6.01. The Bertz CT molecular complexity index is 447. The van der Waals surface area contributed by atoms with E-state index in [4.69, 9.17) is 4.74 Å². The SMILES string of the molecule is COCc1nc(C)c(C(=O)NCC2CCCC2O)s1. The molecule has 1 aromatic heterocycles. The second-order valence-electron chi connectivity index (χ2n) is 4.92. The summed E-state index contributed by atoms with van der Waals surface area (Å²) in [5.41, 5.74) is 0.738. The third kappa shape index (κ3) is 3.52. The summed E-state index contributed by atoms with van der Waals surface area (Å²) in [6, 6.07) is 0. The van der Waals surface area contributed by atoms with Crippen LogP contribution in [0.4, 0.5) is 0 Å². The van der Waals surface area contributed by atoms with Gasteiger partial charge in [0, 0.05) is 19.6 Å². The smallest absolute Gasteiger partial charge is 0.263 e. The van der Waals surface area contributed by atoms with Crippen molar-refractivity contribution in [1.82, 2.24) is 10.3 Å². The fourth-order valence-electron chi connectivity index (χ4n) is 2.41. The Kier molecular flexibility index (Phi) is 4.90. The average molecular weight is 284 g/mol. The molecule has 1 saturated carbocycles. The molecule has 2 unspecified atom stereocenters. The predicted molar refractivity (Wildman–Crippen MR) is 73.2 cm³/mol. The first-order chi connectivity index (χ1) is 9.11. The first kappa shape index (κ1) is 14.4. The van der Waals surface area contributed by atoms with E-state index in [1.165, 1.54) is 11.3 Å². The van der Waals surface area contributed by atoms with Crippen molar-refractivity contribution in [3.8, 4) is 0 Å². The lowest BCUT2D eigenvalue weighted by Gasteiger charge is -2.14. The Labute approximate surface area is 117 Å². The lowest BCUT2D eigenvalue weighted by Crippen LogP contribution is -2.32. The van der Waals surface area contributed by atoms with Crippen molar-refractivity contribution in [2.45, 2.75) is 38.9 Å². The van der Waals surface area contributed by atoms with Crippen LogP contribution < -0.4 is 5.32 Å². The van der Waals surface area contributed by atoms with Crippen molar-refractivity contribution in [3.63, 3.8) is 0 Å². The molecule has 106 valence electrons. The number of aliphatic hydroxyl groups excluding tert-OH is 1. The maximum absolute atomic E-state index is 12.1. The van der Waals surface area contributed by atoms with Gasteiger partial charge in [0.2, 0.25) is 0 Å². The van der Waals surface area contributed by atoms with Gasteiger partial charge < -0.3 is 15.2 Å². The summed E-state index contributed by atoms with van der Waals surface area (Å²) in [5.74, 6) is 0.0899. The fourth-order valence-corrected chi connectivity index (χ4v) is 3.36. The maximum atomic E-state index is 12.1. The van der Waals surface area contributed by atoms with Gasteiger partial charge in [0.05, 0.1) is 18.4 Å². The highest BCUT2D eigenvalue weighted by molar-refractivity contribution is 7.13. The van der Waals surface area contributed by atoms with Crippen molar-refractivity contribution >= 4 is 17.2 Å². The third-order valence-electron chi connectivity index (χ3n) is 3.46. The van der Waals surface area contributed by atoms with Gasteiger partial charge in [-0.1, -0.05) is 6.42 Å². The van der Waals surface area contributed by atoms with Crippen LogP contribution >= 0.6 is 11.3 Å². The monoisotopic (exact) mass is 284 g/mol. The van der Waals surface area contributed by atoms with Crippen LogP contribution in [-0.2, 0) is 11.3 Å². The third-order valence-corrected chi connectivity index (χ3v) is 4.59. The molecule has 2 atom stereocenters. The van der Waals surface area contributed by atoms with Crippen molar-refractivity contribution < 1.29 is 14.6 Å². The zero-order valence-electron chi connectivity index (χ0n) is 11.3. The molecule has 0 aliphatic heterocycles. The minimum Gasteiger partial charge on any atom is -0.393 e. The average Bonchev–Trinajstić information content (AvgIpc) is 2.93. The first-order valence-electron chi connectivity index (χ1n) is 6.53. The van der Waals surface area contributed by atoms with E-state index < -0.39 is 0 Å². The van der Waals surface area contributed by atoms with Crippen molar-refractivity contribution in [2.24, 2.45) is 5.92 Å². The quantitative estimate of drug-likeness (QED) is 0.859. The van der Waals surface area contributed by atoms with E-state index in [1.807, 2.05) is 6.92 Å². The molecule has 1 fully saturated rings. The van der Waals surface area contributed by atoms with Crippen molar-refractivity contribution in [1.29, 1.82) is 0 Å². The number of rotatable bonds is 5. The molecule has 0 spiro atoms. The second kappa shape index (κ2) is 6.45. The van der Waals surface area contributed by atoms with Gasteiger partial charge in [-0.3, -0.25) is 4.79 Å². The number of hydrogen-bond acceptors (Lipinski definition) is 5. The van der Waals surface area contributed by atoms with E-state index in [0.717, 1.165) is 30.0 Å². The van der Waals surface area contributed by atoms with Crippen LogP contribution in [0, 0.1) is 12.8 Å². The summed E-state index contributed by atoms with van der Waals surface area (Å²) in [6.07, 6.45) is 2.60. The van der Waals surface area contributed by atoms with Crippen LogP contribution in [0.3, 0.4) is 0 Å². The highest BCUT2D eigenvalue weighted by Gasteiger charge is 2.26. The number of aryl methyl sites for hydroxylation is 1. The molecular weight excluding hydrogens is 264 g/mol. The normalized spacial score (nSPS) is 22.7. The number of hydrogen-bond donors (Lipinski definition) is 2. The van der Waals surface area contributed by atoms with E-state index in [-0.39, 0.29) is 17.9 Å². The summed E-state index contributed by atoms with van der Waals surface area (Å²) < 4.78 is 5.01. The molecule has 1 aliphatic rings. The van der Waals surface area contributed by atoms with Crippen LogP contribution in [0.25, 0.3) is 0 Å². The lowest BCUT2D eigenvalue weighted by atomic mass is 10.1. The van der Waals surface area contributed by atoms with Gasteiger partial charge in [0.1, 0.15) is 9.88 Å². The minimum atomic E-state index is -0.271. The highest BCUT2D eigenvalue weighted by atomic mass is 32.1. The molecule has 1 amide bonds. The van der Waals surface area contributed by atoms with Crippen molar-refractivity contribution in [2.75, 3.05) is 13.7 Å². The molecule has 0 bridgehead atoms. The van der Waals surface area contributed by atoms with Gasteiger partial charge in [-0.2, -0.15) is 0 Å². The number of ether oxygens (including phenoxy) is 1. The Morgan fingerprint density at radius 1 is 1.58 bits per heavy atom. The highest BCUT2D eigenvalue weighted by Crippen LogP contribution is 2.25.